The molecule has 7 heteroatoms. The van der Waals surface area contributed by atoms with E-state index in [1.165, 1.54) is 11.1 Å². The summed E-state index contributed by atoms with van der Waals surface area (Å²) in [6.45, 7) is 5.18. The van der Waals surface area contributed by atoms with E-state index in [0.29, 0.717) is 6.54 Å². The van der Waals surface area contributed by atoms with Gasteiger partial charge in [-0.1, -0.05) is 18.2 Å². The molecule has 3 aromatic heterocycles. The van der Waals surface area contributed by atoms with Crippen molar-refractivity contribution in [2.75, 3.05) is 37.6 Å². The third-order valence-electron chi connectivity index (χ3n) is 5.79. The van der Waals surface area contributed by atoms with Crippen molar-refractivity contribution in [2.24, 2.45) is 0 Å². The quantitative estimate of drug-likeness (QED) is 0.502. The molecule has 1 saturated heterocycles. The number of pyridine rings is 2. The number of rotatable bonds is 5. The van der Waals surface area contributed by atoms with Crippen LogP contribution in [0.1, 0.15) is 0 Å². The fraction of sp³-hybridized carbons (Fsp3) is 0.250. The van der Waals surface area contributed by atoms with Crippen molar-refractivity contribution < 1.29 is 0 Å². The number of para-hydroxylation sites is 1. The van der Waals surface area contributed by atoms with Crippen molar-refractivity contribution in [1.82, 2.24) is 24.6 Å². The third-order valence-corrected chi connectivity index (χ3v) is 5.79. The topological polar surface area (TPSA) is 67.2 Å². The minimum absolute atomic E-state index is 0.0745. The fourth-order valence-electron chi connectivity index (χ4n) is 4.08. The molecule has 0 unspecified atom stereocenters. The molecule has 31 heavy (non-hydrogen) atoms. The Balaban J connectivity index is 1.23. The lowest BCUT2D eigenvalue weighted by molar-refractivity contribution is 0.243. The molecule has 0 bridgehead atoms. The number of piperazine rings is 1. The normalized spacial score (nSPS) is 14.8. The molecular weight excluding hydrogens is 388 g/mol. The Bertz CT molecular complexity index is 1230. The maximum Gasteiger partial charge on any atom is 0.266 e. The Kier molecular flexibility index (Phi) is 5.41. The lowest BCUT2D eigenvalue weighted by Crippen LogP contribution is -2.47. The van der Waals surface area contributed by atoms with Crippen molar-refractivity contribution in [2.45, 2.75) is 6.54 Å². The van der Waals surface area contributed by atoms with Gasteiger partial charge in [-0.2, -0.15) is 5.10 Å². The second-order valence-electron chi connectivity index (χ2n) is 7.70. The van der Waals surface area contributed by atoms with Gasteiger partial charge in [-0.25, -0.2) is 4.68 Å². The molecule has 0 aliphatic carbocycles. The SMILES string of the molecule is O=c1ccc(-c2cccnc2)nn1CCN1CCN(c2ccnc3ccccc23)CC1. The van der Waals surface area contributed by atoms with Crippen molar-refractivity contribution in [3.8, 4) is 11.3 Å². The predicted octanol–water partition coefficient (Wildman–Crippen LogP) is 2.68. The van der Waals surface area contributed by atoms with Gasteiger partial charge in [0.15, 0.2) is 0 Å². The van der Waals surface area contributed by atoms with Crippen LogP contribution in [0.4, 0.5) is 5.69 Å². The molecule has 4 aromatic rings. The number of fused-ring (bicyclic) bond motifs is 1. The Labute approximate surface area is 180 Å². The van der Waals surface area contributed by atoms with Crippen molar-refractivity contribution in [3.63, 3.8) is 0 Å². The maximum absolute atomic E-state index is 12.3. The fourth-order valence-corrected chi connectivity index (χ4v) is 4.08. The first-order chi connectivity index (χ1) is 15.3. The Morgan fingerprint density at radius 3 is 2.55 bits per heavy atom. The highest BCUT2D eigenvalue weighted by molar-refractivity contribution is 5.91. The molecule has 1 aliphatic rings. The van der Waals surface area contributed by atoms with E-state index in [0.717, 1.165) is 49.5 Å². The first-order valence-corrected chi connectivity index (χ1v) is 10.6. The zero-order chi connectivity index (χ0) is 21.0. The van der Waals surface area contributed by atoms with Crippen LogP contribution in [-0.2, 0) is 6.54 Å². The lowest BCUT2D eigenvalue weighted by Gasteiger charge is -2.36. The monoisotopic (exact) mass is 412 g/mol. The van der Waals surface area contributed by atoms with Gasteiger partial charge >= 0.3 is 0 Å². The highest BCUT2D eigenvalue weighted by Crippen LogP contribution is 2.26. The summed E-state index contributed by atoms with van der Waals surface area (Å²) in [5, 5.41) is 5.74. The molecule has 0 amide bonds. The summed E-state index contributed by atoms with van der Waals surface area (Å²) in [4.78, 5) is 25.7. The van der Waals surface area contributed by atoms with E-state index in [9.17, 15) is 4.79 Å². The van der Waals surface area contributed by atoms with E-state index in [4.69, 9.17) is 0 Å². The maximum atomic E-state index is 12.3. The number of nitrogens with zero attached hydrogens (tertiary/aromatic N) is 6. The molecule has 0 radical (unpaired) electrons. The van der Waals surface area contributed by atoms with E-state index < -0.39 is 0 Å². The number of hydrogen-bond donors (Lipinski definition) is 0. The number of benzene rings is 1. The summed E-state index contributed by atoms with van der Waals surface area (Å²) in [5.74, 6) is 0. The van der Waals surface area contributed by atoms with E-state index in [-0.39, 0.29) is 5.56 Å². The molecule has 5 rings (SSSR count). The molecule has 0 N–H and O–H groups in total. The minimum atomic E-state index is -0.0745. The summed E-state index contributed by atoms with van der Waals surface area (Å²) in [6.07, 6.45) is 5.38. The van der Waals surface area contributed by atoms with Crippen LogP contribution in [0.5, 0.6) is 0 Å². The van der Waals surface area contributed by atoms with Crippen molar-refractivity contribution in [3.05, 3.63) is 83.5 Å². The molecule has 1 aliphatic heterocycles. The molecule has 0 atom stereocenters. The van der Waals surface area contributed by atoms with Crippen LogP contribution in [0.15, 0.2) is 78.0 Å². The van der Waals surface area contributed by atoms with Crippen LogP contribution in [0, 0.1) is 0 Å². The zero-order valence-corrected chi connectivity index (χ0v) is 17.3. The van der Waals surface area contributed by atoms with Gasteiger partial charge in [-0.3, -0.25) is 19.7 Å². The van der Waals surface area contributed by atoms with E-state index in [1.807, 2.05) is 24.4 Å². The molecule has 1 fully saturated rings. The first kappa shape index (κ1) is 19.4. The van der Waals surface area contributed by atoms with Crippen molar-refractivity contribution >= 4 is 16.6 Å². The van der Waals surface area contributed by atoms with Crippen LogP contribution >= 0.6 is 0 Å². The van der Waals surface area contributed by atoms with Crippen LogP contribution in [0.25, 0.3) is 22.2 Å². The van der Waals surface area contributed by atoms with Crippen LogP contribution in [-0.4, -0.2) is 57.4 Å². The van der Waals surface area contributed by atoms with Crippen LogP contribution in [0.3, 0.4) is 0 Å². The smallest absolute Gasteiger partial charge is 0.266 e. The van der Waals surface area contributed by atoms with Gasteiger partial charge in [0.1, 0.15) is 0 Å². The standard InChI is InChI=1S/C24H24N6O/c31-24-8-7-21(19-4-3-10-25-18-19)27-30(24)17-14-28-12-15-29(16-13-28)23-9-11-26-22-6-2-1-5-20(22)23/h1-11,18H,12-17H2. The van der Waals surface area contributed by atoms with E-state index in [1.54, 1.807) is 29.2 Å². The Morgan fingerprint density at radius 2 is 1.71 bits per heavy atom. The third kappa shape index (κ3) is 4.18. The lowest BCUT2D eigenvalue weighted by atomic mass is 10.1. The average molecular weight is 412 g/mol. The van der Waals surface area contributed by atoms with Gasteiger partial charge in [0.05, 0.1) is 17.8 Å². The largest absolute Gasteiger partial charge is 0.368 e. The molecule has 1 aromatic carbocycles. The number of hydrogen-bond acceptors (Lipinski definition) is 6. The zero-order valence-electron chi connectivity index (χ0n) is 17.3. The molecular formula is C24H24N6O. The number of anilines is 1. The van der Waals surface area contributed by atoms with Crippen LogP contribution < -0.4 is 10.5 Å². The first-order valence-electron chi connectivity index (χ1n) is 10.6. The summed E-state index contributed by atoms with van der Waals surface area (Å²) >= 11 is 0. The Morgan fingerprint density at radius 1 is 0.839 bits per heavy atom. The van der Waals surface area contributed by atoms with Gasteiger partial charge in [0, 0.05) is 74.0 Å². The molecule has 0 saturated carbocycles. The van der Waals surface area contributed by atoms with Gasteiger partial charge in [0.2, 0.25) is 0 Å². The summed E-state index contributed by atoms with van der Waals surface area (Å²) in [7, 11) is 0. The minimum Gasteiger partial charge on any atom is -0.368 e. The average Bonchev–Trinajstić information content (AvgIpc) is 2.84. The molecule has 156 valence electrons. The second-order valence-corrected chi connectivity index (χ2v) is 7.70. The van der Waals surface area contributed by atoms with E-state index in [2.05, 4.69) is 49.1 Å². The van der Waals surface area contributed by atoms with E-state index >= 15 is 0 Å². The summed E-state index contributed by atoms with van der Waals surface area (Å²) in [5.41, 5.74) is 3.87. The molecule has 0 spiro atoms. The Hall–Kier alpha value is -3.58. The highest BCUT2D eigenvalue weighted by atomic mass is 16.1. The van der Waals surface area contributed by atoms with Gasteiger partial charge in [-0.15, -0.1) is 0 Å². The van der Waals surface area contributed by atoms with Crippen LogP contribution in [0.2, 0.25) is 0 Å². The van der Waals surface area contributed by atoms with Gasteiger partial charge in [0.25, 0.3) is 5.56 Å². The predicted molar refractivity (Wildman–Crippen MR) is 122 cm³/mol. The molecule has 4 heterocycles. The number of aromatic nitrogens is 4. The molecule has 7 nitrogen and oxygen atoms in total. The van der Waals surface area contributed by atoms with Gasteiger partial charge < -0.3 is 4.90 Å². The van der Waals surface area contributed by atoms with Gasteiger partial charge in [-0.05, 0) is 30.3 Å². The van der Waals surface area contributed by atoms with Crippen molar-refractivity contribution in [1.29, 1.82) is 0 Å². The summed E-state index contributed by atoms with van der Waals surface area (Å²) < 4.78 is 1.56. The summed E-state index contributed by atoms with van der Waals surface area (Å²) in [6, 6.07) is 17.5. The second kappa shape index (κ2) is 8.65. The highest BCUT2D eigenvalue weighted by Gasteiger charge is 2.19.